The second-order valence-electron chi connectivity index (χ2n) is 7.27. The molecule has 1 aliphatic heterocycles. The van der Waals surface area contributed by atoms with Crippen molar-refractivity contribution in [3.8, 4) is 0 Å². The van der Waals surface area contributed by atoms with E-state index in [0.29, 0.717) is 18.5 Å². The van der Waals surface area contributed by atoms with Crippen LogP contribution in [-0.2, 0) is 11.8 Å². The van der Waals surface area contributed by atoms with Crippen molar-refractivity contribution in [1.82, 2.24) is 14.7 Å². The average Bonchev–Trinajstić information content (AvgIpc) is 2.93. The molecule has 128 valence electrons. The Balaban J connectivity index is 2.09. The average molecular weight is 321 g/mol. The van der Waals surface area contributed by atoms with Crippen LogP contribution in [-0.4, -0.2) is 44.7 Å². The monoisotopic (exact) mass is 321 g/mol. The van der Waals surface area contributed by atoms with E-state index in [1.807, 2.05) is 41.7 Å². The maximum Gasteiger partial charge on any atom is 0.410 e. The molecule has 0 bridgehead atoms. The molecular formula is C17H27N3O3. The Bertz CT molecular complexity index is 613. The first kappa shape index (κ1) is 17.5. The molecule has 1 fully saturated rings. The number of rotatable bonds is 3. The smallest absolute Gasteiger partial charge is 0.410 e. The highest BCUT2D eigenvalue weighted by atomic mass is 16.6. The quantitative estimate of drug-likeness (QED) is 0.803. The number of amides is 1. The van der Waals surface area contributed by atoms with Crippen LogP contribution in [0.15, 0.2) is 0 Å². The van der Waals surface area contributed by atoms with E-state index in [1.54, 1.807) is 9.58 Å². The molecule has 0 saturated carbocycles. The molecular weight excluding hydrogens is 294 g/mol. The largest absolute Gasteiger partial charge is 0.444 e. The van der Waals surface area contributed by atoms with Crippen molar-refractivity contribution in [3.05, 3.63) is 17.0 Å². The third kappa shape index (κ3) is 3.92. The van der Waals surface area contributed by atoms with Gasteiger partial charge in [0.1, 0.15) is 5.60 Å². The highest BCUT2D eigenvalue weighted by Crippen LogP contribution is 2.25. The van der Waals surface area contributed by atoms with Crippen molar-refractivity contribution in [2.45, 2.75) is 65.5 Å². The molecule has 0 radical (unpaired) electrons. The summed E-state index contributed by atoms with van der Waals surface area (Å²) in [5.74, 6) is 0.0496. The van der Waals surface area contributed by atoms with Gasteiger partial charge in [0.15, 0.2) is 5.78 Å². The summed E-state index contributed by atoms with van der Waals surface area (Å²) in [5.41, 5.74) is 1.78. The number of aromatic nitrogens is 2. The third-order valence-corrected chi connectivity index (χ3v) is 4.21. The van der Waals surface area contributed by atoms with Crippen LogP contribution < -0.4 is 0 Å². The lowest BCUT2D eigenvalue weighted by Gasteiger charge is -2.28. The first-order valence-corrected chi connectivity index (χ1v) is 8.13. The lowest BCUT2D eigenvalue weighted by Crippen LogP contribution is -2.40. The number of carbonyl (C=O) groups excluding carboxylic acids is 2. The lowest BCUT2D eigenvalue weighted by molar-refractivity contribution is 0.0223. The van der Waals surface area contributed by atoms with Crippen molar-refractivity contribution in [2.75, 3.05) is 6.54 Å². The molecule has 2 heterocycles. The van der Waals surface area contributed by atoms with Gasteiger partial charge in [0.05, 0.1) is 11.3 Å². The van der Waals surface area contributed by atoms with Gasteiger partial charge in [-0.3, -0.25) is 9.48 Å². The molecule has 23 heavy (non-hydrogen) atoms. The molecule has 0 spiro atoms. The topological polar surface area (TPSA) is 64.4 Å². The lowest BCUT2D eigenvalue weighted by atomic mass is 10.0. The van der Waals surface area contributed by atoms with E-state index in [2.05, 4.69) is 5.10 Å². The number of ketones is 1. The molecule has 1 aromatic heterocycles. The van der Waals surface area contributed by atoms with Crippen LogP contribution in [0.5, 0.6) is 0 Å². The number of likely N-dealkylation sites (tertiary alicyclic amines) is 1. The number of Topliss-reactive ketones (excluding diaryl/α,β-unsaturated/α-hetero) is 1. The summed E-state index contributed by atoms with van der Waals surface area (Å²) in [6.07, 6.45) is 1.74. The molecule has 0 aromatic carbocycles. The van der Waals surface area contributed by atoms with E-state index < -0.39 is 5.60 Å². The predicted molar refractivity (Wildman–Crippen MR) is 87.6 cm³/mol. The van der Waals surface area contributed by atoms with Crippen LogP contribution in [0, 0.1) is 13.8 Å². The van der Waals surface area contributed by atoms with Gasteiger partial charge in [-0.1, -0.05) is 0 Å². The van der Waals surface area contributed by atoms with E-state index >= 15 is 0 Å². The molecule has 0 aliphatic carbocycles. The van der Waals surface area contributed by atoms with Gasteiger partial charge in [-0.05, 0) is 47.5 Å². The van der Waals surface area contributed by atoms with Gasteiger partial charge in [-0.2, -0.15) is 5.10 Å². The Hall–Kier alpha value is -1.85. The number of hydrogen-bond donors (Lipinski definition) is 0. The van der Waals surface area contributed by atoms with Crippen LogP contribution in [0.4, 0.5) is 4.79 Å². The van der Waals surface area contributed by atoms with Crippen molar-refractivity contribution in [3.63, 3.8) is 0 Å². The van der Waals surface area contributed by atoms with Gasteiger partial charge < -0.3 is 9.64 Å². The standard InChI is InChI=1S/C17H27N3O3/c1-11-15(12(2)19(6)18-11)14(21)10-13-8-7-9-20(13)16(22)23-17(3,4)5/h13H,7-10H2,1-6H3. The van der Waals surface area contributed by atoms with E-state index in [-0.39, 0.29) is 17.9 Å². The summed E-state index contributed by atoms with van der Waals surface area (Å²) in [6.45, 7) is 9.95. The molecule has 1 atom stereocenters. The predicted octanol–water partition coefficient (Wildman–Crippen LogP) is 3.01. The first-order valence-electron chi connectivity index (χ1n) is 8.13. The van der Waals surface area contributed by atoms with Gasteiger partial charge in [0.25, 0.3) is 0 Å². The summed E-state index contributed by atoms with van der Waals surface area (Å²) in [5, 5.41) is 4.30. The van der Waals surface area contributed by atoms with Gasteiger partial charge in [-0.25, -0.2) is 4.79 Å². The van der Waals surface area contributed by atoms with Crippen LogP contribution in [0.25, 0.3) is 0 Å². The fourth-order valence-electron chi connectivity index (χ4n) is 3.10. The molecule has 0 N–H and O–H groups in total. The molecule has 1 unspecified atom stereocenters. The summed E-state index contributed by atoms with van der Waals surface area (Å²) in [4.78, 5) is 26.7. The Morgan fingerprint density at radius 1 is 1.30 bits per heavy atom. The maximum absolute atomic E-state index is 12.7. The fraction of sp³-hybridized carbons (Fsp3) is 0.706. The Morgan fingerprint density at radius 2 is 1.96 bits per heavy atom. The van der Waals surface area contributed by atoms with Crippen LogP contribution in [0.3, 0.4) is 0 Å². The maximum atomic E-state index is 12.7. The minimum Gasteiger partial charge on any atom is -0.444 e. The van der Waals surface area contributed by atoms with Gasteiger partial charge >= 0.3 is 6.09 Å². The second kappa shape index (κ2) is 6.34. The Labute approximate surface area is 137 Å². The SMILES string of the molecule is Cc1nn(C)c(C)c1C(=O)CC1CCCN1C(=O)OC(C)(C)C. The summed E-state index contributed by atoms with van der Waals surface area (Å²) >= 11 is 0. The molecule has 2 rings (SSSR count). The Kier molecular flexibility index (Phi) is 4.82. The molecule has 6 nitrogen and oxygen atoms in total. The van der Waals surface area contributed by atoms with E-state index in [0.717, 1.165) is 24.2 Å². The van der Waals surface area contributed by atoms with Crippen molar-refractivity contribution < 1.29 is 14.3 Å². The molecule has 1 aliphatic rings. The minimum absolute atomic E-state index is 0.0496. The normalized spacial score (nSPS) is 18.3. The van der Waals surface area contributed by atoms with E-state index in [9.17, 15) is 9.59 Å². The van der Waals surface area contributed by atoms with Crippen LogP contribution in [0.1, 0.15) is 61.8 Å². The third-order valence-electron chi connectivity index (χ3n) is 4.21. The zero-order valence-corrected chi connectivity index (χ0v) is 15.0. The zero-order valence-electron chi connectivity index (χ0n) is 15.0. The van der Waals surface area contributed by atoms with Gasteiger partial charge in [-0.15, -0.1) is 0 Å². The van der Waals surface area contributed by atoms with E-state index in [4.69, 9.17) is 4.74 Å². The zero-order chi connectivity index (χ0) is 17.4. The summed E-state index contributed by atoms with van der Waals surface area (Å²) in [7, 11) is 1.84. The highest BCUT2D eigenvalue weighted by molar-refractivity contribution is 5.98. The van der Waals surface area contributed by atoms with Gasteiger partial charge in [0, 0.05) is 31.7 Å². The Morgan fingerprint density at radius 3 is 2.48 bits per heavy atom. The van der Waals surface area contributed by atoms with Crippen molar-refractivity contribution in [2.24, 2.45) is 7.05 Å². The van der Waals surface area contributed by atoms with Crippen molar-refractivity contribution >= 4 is 11.9 Å². The number of aryl methyl sites for hydroxylation is 2. The summed E-state index contributed by atoms with van der Waals surface area (Å²) in [6, 6.07) is -0.0867. The molecule has 6 heteroatoms. The number of ether oxygens (including phenoxy) is 1. The van der Waals surface area contributed by atoms with E-state index in [1.165, 1.54) is 0 Å². The van der Waals surface area contributed by atoms with Gasteiger partial charge in [0.2, 0.25) is 0 Å². The molecule has 1 amide bonds. The number of hydrogen-bond acceptors (Lipinski definition) is 4. The molecule has 1 saturated heterocycles. The van der Waals surface area contributed by atoms with Crippen molar-refractivity contribution in [1.29, 1.82) is 0 Å². The second-order valence-corrected chi connectivity index (χ2v) is 7.27. The van der Waals surface area contributed by atoms with Crippen LogP contribution in [0.2, 0.25) is 0 Å². The number of carbonyl (C=O) groups is 2. The fourth-order valence-corrected chi connectivity index (χ4v) is 3.10. The highest BCUT2D eigenvalue weighted by Gasteiger charge is 2.34. The molecule has 1 aromatic rings. The van der Waals surface area contributed by atoms with Crippen LogP contribution >= 0.6 is 0 Å². The number of nitrogens with zero attached hydrogens (tertiary/aromatic N) is 3. The minimum atomic E-state index is -0.523. The first-order chi connectivity index (χ1) is 10.6. The summed E-state index contributed by atoms with van der Waals surface area (Å²) < 4.78 is 7.18.